The molecule has 8 aromatic carbocycles. The molecule has 85 heavy (non-hydrogen) atoms. The molecule has 422 valence electrons. The van der Waals surface area contributed by atoms with E-state index in [0.717, 1.165) is 89.0 Å². The third kappa shape index (κ3) is 7.53. The zero-order valence-corrected chi connectivity index (χ0v) is 47.6. The van der Waals surface area contributed by atoms with Crippen molar-refractivity contribution in [2.75, 3.05) is 7.11 Å². The van der Waals surface area contributed by atoms with Crippen LogP contribution >= 0.6 is 0 Å². The van der Waals surface area contributed by atoms with Gasteiger partial charge in [-0.25, -0.2) is 4.79 Å². The maximum Gasteiger partial charge on any atom is 0.407 e. The minimum absolute atomic E-state index is 0.257. The Morgan fingerprint density at radius 3 is 0.694 bits per heavy atom. The maximum absolute atomic E-state index is 16.7. The van der Waals surface area contributed by atoms with Crippen LogP contribution < -0.4 is 21.3 Å². The molecule has 20 rings (SSSR count). The molecule has 0 saturated carbocycles. The highest BCUT2D eigenvalue weighted by atomic mass is 16.6. The van der Waals surface area contributed by atoms with E-state index in [1.165, 1.54) is 7.11 Å². The largest absolute Gasteiger partial charge is 0.469 e. The Kier molecular flexibility index (Phi) is 11.7. The summed E-state index contributed by atoms with van der Waals surface area (Å²) in [5, 5.41) is 14.2. The molecule has 12 aliphatic rings. The molecule has 8 atom stereocenters. The number of nitrogens with one attached hydrogen (secondary N) is 4. The fourth-order valence-corrected chi connectivity index (χ4v) is 18.0. The molecular weight excluding hydrogens is 1060 g/mol. The standard InChI is InChI=1S/C74H64N4O7/c1-74(2,3)85-73(83)78-67-59-49-33-17-9-25-41(49)55(42-26-10-18-34-50(42)59)63(67)71(81)76-65-57-45-29-13-5-21-37(45)53(38-22-6-14-30-46(38)57)61(65)69(79)75-66-58-47-31-15-7-23-39(47)54(40-24-8-16-32-48(40)58)62(66)70(80)77-68-60-51-35-19-11-27-43(51)56(64(68)72(82)84-4)44-28-12-20-36-52(44)60/h5-36,53-68H,1-4H3,(H,75,79)(H,76,81)(H,77,80)(H,78,83). The number of hydrogen-bond acceptors (Lipinski definition) is 7. The number of ether oxygens (including phenoxy) is 2. The van der Waals surface area contributed by atoms with E-state index in [4.69, 9.17) is 9.47 Å². The van der Waals surface area contributed by atoms with Crippen LogP contribution in [-0.4, -0.2) is 66.7 Å². The molecule has 8 bridgehead atoms. The molecule has 0 aromatic heterocycles. The van der Waals surface area contributed by atoms with Gasteiger partial charge in [0.05, 0.1) is 54.9 Å². The molecule has 4 amide bonds. The van der Waals surface area contributed by atoms with Crippen molar-refractivity contribution in [1.82, 2.24) is 21.3 Å². The average molecular weight is 1120 g/mol. The average Bonchev–Trinajstić information content (AvgIpc) is 0.896. The van der Waals surface area contributed by atoms with Crippen LogP contribution in [0.3, 0.4) is 0 Å². The lowest BCUT2D eigenvalue weighted by atomic mass is 9.54. The smallest absolute Gasteiger partial charge is 0.407 e. The van der Waals surface area contributed by atoms with Gasteiger partial charge in [-0.15, -0.1) is 0 Å². The minimum atomic E-state index is -0.850. The summed E-state index contributed by atoms with van der Waals surface area (Å²) in [5.74, 6) is -7.67. The molecule has 0 radical (unpaired) electrons. The van der Waals surface area contributed by atoms with Crippen molar-refractivity contribution in [1.29, 1.82) is 0 Å². The van der Waals surface area contributed by atoms with Gasteiger partial charge in [0.1, 0.15) is 5.60 Å². The number of benzene rings is 8. The van der Waals surface area contributed by atoms with E-state index < -0.39 is 95.1 Å². The van der Waals surface area contributed by atoms with Crippen molar-refractivity contribution in [3.05, 3.63) is 283 Å². The van der Waals surface area contributed by atoms with Crippen molar-refractivity contribution in [3.63, 3.8) is 0 Å². The third-order valence-electron chi connectivity index (χ3n) is 20.7. The Morgan fingerprint density at radius 1 is 0.294 bits per heavy atom. The van der Waals surface area contributed by atoms with Crippen LogP contribution in [0.1, 0.15) is 157 Å². The van der Waals surface area contributed by atoms with Gasteiger partial charge in [0.25, 0.3) is 0 Å². The van der Waals surface area contributed by atoms with E-state index in [2.05, 4.69) is 118 Å². The normalized spacial score (nSPS) is 29.2. The fourth-order valence-electron chi connectivity index (χ4n) is 18.0. The summed E-state index contributed by atoms with van der Waals surface area (Å²) in [5.41, 5.74) is 16.0. The first kappa shape index (κ1) is 51.5. The lowest BCUT2D eigenvalue weighted by molar-refractivity contribution is -0.148. The predicted molar refractivity (Wildman–Crippen MR) is 321 cm³/mol. The second-order valence-corrected chi connectivity index (χ2v) is 25.8. The van der Waals surface area contributed by atoms with Gasteiger partial charge in [-0.05, 0) is 110 Å². The van der Waals surface area contributed by atoms with E-state index in [-0.39, 0.29) is 35.5 Å². The third-order valence-corrected chi connectivity index (χ3v) is 20.7. The molecule has 0 heterocycles. The van der Waals surface area contributed by atoms with Crippen LogP contribution in [0.2, 0.25) is 0 Å². The van der Waals surface area contributed by atoms with Crippen LogP contribution in [0.25, 0.3) is 0 Å². The Morgan fingerprint density at radius 2 is 0.482 bits per heavy atom. The number of methoxy groups -OCH3 is 1. The molecular formula is C74H64N4O7. The van der Waals surface area contributed by atoms with Crippen LogP contribution in [0.5, 0.6) is 0 Å². The molecule has 8 unspecified atom stereocenters. The molecule has 11 nitrogen and oxygen atoms in total. The monoisotopic (exact) mass is 1120 g/mol. The van der Waals surface area contributed by atoms with Gasteiger partial charge in [-0.2, -0.15) is 0 Å². The number of alkyl carbamates (subject to hydrolysis) is 1. The van der Waals surface area contributed by atoms with Gasteiger partial charge in [-0.1, -0.05) is 194 Å². The molecule has 0 fully saturated rings. The number of fused-ring (bicyclic) bond motifs is 4. The van der Waals surface area contributed by atoms with Crippen LogP contribution in [0.4, 0.5) is 4.79 Å². The van der Waals surface area contributed by atoms with Crippen LogP contribution in [0, 0.1) is 23.7 Å². The first-order valence-electron chi connectivity index (χ1n) is 30.1. The number of carbonyl (C=O) groups excluding carboxylic acids is 5. The van der Waals surface area contributed by atoms with Crippen molar-refractivity contribution in [3.8, 4) is 0 Å². The summed E-state index contributed by atoms with van der Waals surface area (Å²) in [4.78, 5) is 77.9. The maximum atomic E-state index is 16.7. The quantitative estimate of drug-likeness (QED) is 0.111. The summed E-state index contributed by atoms with van der Waals surface area (Å²) < 4.78 is 11.6. The highest BCUT2D eigenvalue weighted by Crippen LogP contribution is 2.61. The number of carbonyl (C=O) groups is 5. The molecule has 8 aromatic rings. The summed E-state index contributed by atoms with van der Waals surface area (Å²) >= 11 is 0. The van der Waals surface area contributed by atoms with Gasteiger partial charge in [0, 0.05) is 47.3 Å². The summed E-state index contributed by atoms with van der Waals surface area (Å²) in [6.07, 6.45) is -0.607. The Bertz CT molecular complexity index is 3960. The van der Waals surface area contributed by atoms with Crippen LogP contribution in [-0.2, 0) is 28.7 Å². The number of hydrogen-bond donors (Lipinski definition) is 4. The van der Waals surface area contributed by atoms with Gasteiger partial charge in [0.2, 0.25) is 17.7 Å². The first-order chi connectivity index (χ1) is 41.4. The lowest BCUT2D eigenvalue weighted by Crippen LogP contribution is -2.64. The van der Waals surface area contributed by atoms with Crippen molar-refractivity contribution >= 4 is 29.8 Å². The topological polar surface area (TPSA) is 152 Å². The van der Waals surface area contributed by atoms with E-state index in [1.54, 1.807) is 0 Å². The van der Waals surface area contributed by atoms with Crippen molar-refractivity contribution < 1.29 is 33.4 Å². The van der Waals surface area contributed by atoms with Crippen LogP contribution in [0.15, 0.2) is 194 Å². The zero-order valence-electron chi connectivity index (χ0n) is 47.6. The minimum Gasteiger partial charge on any atom is -0.469 e. The van der Waals surface area contributed by atoms with Gasteiger partial charge in [0.15, 0.2) is 0 Å². The Labute approximate surface area is 494 Å². The summed E-state index contributed by atoms with van der Waals surface area (Å²) in [6, 6.07) is 63.3. The van der Waals surface area contributed by atoms with E-state index in [0.29, 0.717) is 0 Å². The number of amides is 4. The molecule has 12 aliphatic carbocycles. The first-order valence-corrected chi connectivity index (χ1v) is 30.1. The zero-order chi connectivity index (χ0) is 57.7. The highest BCUT2D eigenvalue weighted by molar-refractivity contribution is 5.92. The van der Waals surface area contributed by atoms with Gasteiger partial charge in [-0.3, -0.25) is 19.2 Å². The highest BCUT2D eigenvalue weighted by Gasteiger charge is 2.61. The molecule has 11 heteroatoms. The second-order valence-electron chi connectivity index (χ2n) is 25.8. The van der Waals surface area contributed by atoms with E-state index >= 15 is 14.4 Å². The van der Waals surface area contributed by atoms with E-state index in [9.17, 15) is 9.59 Å². The second kappa shape index (κ2) is 19.2. The SMILES string of the molecule is COC(=O)C1C2c3ccccc3C(c3ccccc32)C1NC(=O)C1C2c3ccccc3C(c3ccccc32)C1NC(=O)C1C2c3ccccc3C(c3ccccc32)C1NC(=O)C1C2c3ccccc3C(c3ccccc32)C1NC(=O)OC(C)(C)C. The van der Waals surface area contributed by atoms with Crippen molar-refractivity contribution in [2.45, 2.75) is 97.9 Å². The Balaban J connectivity index is 0.818. The van der Waals surface area contributed by atoms with E-state index in [1.807, 2.05) is 118 Å². The summed E-state index contributed by atoms with van der Waals surface area (Å²) in [7, 11) is 1.42. The van der Waals surface area contributed by atoms with Gasteiger partial charge >= 0.3 is 12.1 Å². The van der Waals surface area contributed by atoms with Crippen molar-refractivity contribution in [2.24, 2.45) is 23.7 Å². The Hall–Kier alpha value is -9.09. The predicted octanol–water partition coefficient (Wildman–Crippen LogP) is 11.1. The lowest BCUT2D eigenvalue weighted by Gasteiger charge is -2.54. The summed E-state index contributed by atoms with van der Waals surface area (Å²) in [6.45, 7) is 5.49. The van der Waals surface area contributed by atoms with Gasteiger partial charge < -0.3 is 30.7 Å². The molecule has 0 saturated heterocycles. The molecule has 0 spiro atoms. The number of rotatable bonds is 8. The fraction of sp³-hybridized carbons (Fsp3) is 0.284. The molecule has 0 aliphatic heterocycles. The number of esters is 1. The molecule has 4 N–H and O–H groups in total.